The molecule has 0 atom stereocenters. The number of aliphatic carboxylic acids is 2. The van der Waals surface area contributed by atoms with Crippen molar-refractivity contribution in [1.29, 1.82) is 0 Å². The molecule has 0 amide bonds. The summed E-state index contributed by atoms with van der Waals surface area (Å²) in [4.78, 5) is 36.1. The van der Waals surface area contributed by atoms with Gasteiger partial charge in [0, 0.05) is 16.3 Å². The lowest BCUT2D eigenvalue weighted by Crippen LogP contribution is -2.47. The Morgan fingerprint density at radius 2 is 1.50 bits per heavy atom. The molecular weight excluding hydrogens is 426 g/mol. The number of Topliss-reactive ketones (excluding diaryl/α,β-unsaturated/α-hetero) is 1. The van der Waals surface area contributed by atoms with Crippen molar-refractivity contribution in [3.63, 3.8) is 0 Å². The molecule has 0 radical (unpaired) electrons. The lowest BCUT2D eigenvalue weighted by Gasteiger charge is -2.41. The van der Waals surface area contributed by atoms with Crippen molar-refractivity contribution in [3.05, 3.63) is 60.2 Å². The second kappa shape index (κ2) is 10.8. The molecule has 2 fully saturated rings. The van der Waals surface area contributed by atoms with E-state index in [-0.39, 0.29) is 5.41 Å². The van der Waals surface area contributed by atoms with Gasteiger partial charge in [0.25, 0.3) is 0 Å². The second-order valence-corrected chi connectivity index (χ2v) is 9.52. The summed E-state index contributed by atoms with van der Waals surface area (Å²) in [6.45, 7) is 5.11. The first-order chi connectivity index (χ1) is 15.3. The highest BCUT2D eigenvalue weighted by Crippen LogP contribution is 2.43. The first kappa shape index (κ1) is 24.0. The van der Waals surface area contributed by atoms with Gasteiger partial charge in [0.1, 0.15) is 5.78 Å². The van der Waals surface area contributed by atoms with E-state index in [1.165, 1.54) is 34.7 Å². The van der Waals surface area contributed by atoms with E-state index < -0.39 is 11.9 Å². The Morgan fingerprint density at radius 1 is 0.938 bits per heavy atom. The van der Waals surface area contributed by atoms with E-state index in [1.54, 1.807) is 18.7 Å². The van der Waals surface area contributed by atoms with Crippen molar-refractivity contribution in [3.8, 4) is 0 Å². The average Bonchev–Trinajstić information content (AvgIpc) is 3.60. The Morgan fingerprint density at radius 3 is 2.03 bits per heavy atom. The van der Waals surface area contributed by atoms with E-state index in [2.05, 4.69) is 53.4 Å². The van der Waals surface area contributed by atoms with E-state index in [1.807, 2.05) is 6.07 Å². The van der Waals surface area contributed by atoms with Gasteiger partial charge in [0.15, 0.2) is 0 Å². The van der Waals surface area contributed by atoms with E-state index in [4.69, 9.17) is 19.8 Å². The SMILES string of the molecule is CC(=O)C1(c2ccccc2Sc2ccccc2)CCN(CC2CC2)CC1.O=C(O)C(=O)O. The minimum absolute atomic E-state index is 0.321. The fourth-order valence-corrected chi connectivity index (χ4v) is 5.23. The van der Waals surface area contributed by atoms with Crippen LogP contribution in [-0.2, 0) is 19.8 Å². The molecule has 0 spiro atoms. The molecule has 1 saturated heterocycles. The average molecular weight is 456 g/mol. The van der Waals surface area contributed by atoms with Crippen molar-refractivity contribution < 1.29 is 24.6 Å². The van der Waals surface area contributed by atoms with Gasteiger partial charge in [0.2, 0.25) is 0 Å². The molecule has 6 nitrogen and oxygen atoms in total. The van der Waals surface area contributed by atoms with E-state index in [0.717, 1.165) is 31.8 Å². The Kier molecular flexibility index (Phi) is 8.10. The standard InChI is InChI=1S/C23H27NOS.C2H2O4/c1-18(25)23(13-15-24(16-14-23)17-19-11-12-19)21-9-5-6-10-22(21)26-20-7-3-2-4-8-20;3-1(4)2(5)6/h2-10,19H,11-17H2,1H3;(H,3,4)(H,5,6). The molecular formula is C25H29NO5S. The molecule has 0 unspecified atom stereocenters. The lowest BCUT2D eigenvalue weighted by atomic mass is 9.70. The van der Waals surface area contributed by atoms with Crippen LogP contribution >= 0.6 is 11.8 Å². The number of carboxylic acids is 2. The summed E-state index contributed by atoms with van der Waals surface area (Å²) in [5.41, 5.74) is 0.908. The zero-order valence-electron chi connectivity index (χ0n) is 18.2. The monoisotopic (exact) mass is 455 g/mol. The van der Waals surface area contributed by atoms with Crippen molar-refractivity contribution in [2.24, 2.45) is 5.92 Å². The third-order valence-electron chi connectivity index (χ3n) is 6.15. The van der Waals surface area contributed by atoms with Gasteiger partial charge < -0.3 is 15.1 Å². The third kappa shape index (κ3) is 6.20. The molecule has 2 N–H and O–H groups in total. The summed E-state index contributed by atoms with van der Waals surface area (Å²) in [5, 5.41) is 14.8. The first-order valence-electron chi connectivity index (χ1n) is 10.8. The molecule has 170 valence electrons. The fraction of sp³-hybridized carbons (Fsp3) is 0.400. The molecule has 0 aromatic heterocycles. The molecule has 7 heteroatoms. The number of ketones is 1. The van der Waals surface area contributed by atoms with Gasteiger partial charge in [-0.1, -0.05) is 48.2 Å². The summed E-state index contributed by atoms with van der Waals surface area (Å²) < 4.78 is 0. The largest absolute Gasteiger partial charge is 0.473 e. The van der Waals surface area contributed by atoms with Crippen LogP contribution < -0.4 is 0 Å². The molecule has 2 aliphatic rings. The number of piperidine rings is 1. The number of rotatable bonds is 6. The van der Waals surface area contributed by atoms with Crippen molar-refractivity contribution in [1.82, 2.24) is 4.90 Å². The maximum Gasteiger partial charge on any atom is 0.414 e. The van der Waals surface area contributed by atoms with Gasteiger partial charge in [-0.05, 0) is 75.4 Å². The normalized spacial score (nSPS) is 17.7. The predicted octanol–water partition coefficient (Wildman–Crippen LogP) is 4.33. The van der Waals surface area contributed by atoms with Gasteiger partial charge in [0.05, 0.1) is 5.41 Å². The molecule has 4 rings (SSSR count). The highest BCUT2D eigenvalue weighted by molar-refractivity contribution is 7.99. The second-order valence-electron chi connectivity index (χ2n) is 8.40. The number of carbonyl (C=O) groups is 3. The predicted molar refractivity (Wildman–Crippen MR) is 123 cm³/mol. The van der Waals surface area contributed by atoms with Crippen molar-refractivity contribution >= 4 is 29.5 Å². The third-order valence-corrected chi connectivity index (χ3v) is 7.24. The van der Waals surface area contributed by atoms with Crippen molar-refractivity contribution in [2.45, 2.75) is 47.8 Å². The van der Waals surface area contributed by atoms with E-state index >= 15 is 0 Å². The maximum absolute atomic E-state index is 12.8. The summed E-state index contributed by atoms with van der Waals surface area (Å²) in [6.07, 6.45) is 4.68. The van der Waals surface area contributed by atoms with Gasteiger partial charge in [-0.3, -0.25) is 4.79 Å². The molecule has 1 aliphatic heterocycles. The smallest absolute Gasteiger partial charge is 0.414 e. The first-order valence-corrected chi connectivity index (χ1v) is 11.7. The molecule has 1 saturated carbocycles. The highest BCUT2D eigenvalue weighted by atomic mass is 32.2. The minimum atomic E-state index is -1.82. The number of carbonyl (C=O) groups excluding carboxylic acids is 1. The summed E-state index contributed by atoms with van der Waals surface area (Å²) in [5.74, 6) is -2.41. The summed E-state index contributed by atoms with van der Waals surface area (Å²) in [7, 11) is 0. The molecule has 1 heterocycles. The molecule has 32 heavy (non-hydrogen) atoms. The molecule has 1 aliphatic carbocycles. The van der Waals surface area contributed by atoms with E-state index in [0.29, 0.717) is 5.78 Å². The zero-order chi connectivity index (χ0) is 23.1. The molecule has 2 aromatic carbocycles. The summed E-state index contributed by atoms with van der Waals surface area (Å²) in [6, 6.07) is 19.0. The van der Waals surface area contributed by atoms with Gasteiger partial charge in [-0.15, -0.1) is 0 Å². The van der Waals surface area contributed by atoms with Crippen LogP contribution in [0.1, 0.15) is 38.2 Å². The van der Waals surface area contributed by atoms with Gasteiger partial charge in [-0.25, -0.2) is 9.59 Å². The van der Waals surface area contributed by atoms with Crippen LogP contribution in [-0.4, -0.2) is 52.5 Å². The Bertz CT molecular complexity index is 938. The Hall–Kier alpha value is -2.64. The number of likely N-dealkylation sites (tertiary alicyclic amines) is 1. The lowest BCUT2D eigenvalue weighted by molar-refractivity contribution is -0.159. The number of nitrogens with zero attached hydrogens (tertiary/aromatic N) is 1. The van der Waals surface area contributed by atoms with Crippen LogP contribution in [0.3, 0.4) is 0 Å². The van der Waals surface area contributed by atoms with Crippen LogP contribution in [0, 0.1) is 5.92 Å². The molecule has 0 bridgehead atoms. The minimum Gasteiger partial charge on any atom is -0.473 e. The van der Waals surface area contributed by atoms with E-state index in [9.17, 15) is 4.79 Å². The maximum atomic E-state index is 12.8. The van der Waals surface area contributed by atoms with Gasteiger partial charge in [-0.2, -0.15) is 0 Å². The van der Waals surface area contributed by atoms with Crippen LogP contribution in [0.15, 0.2) is 64.4 Å². The molecule has 2 aromatic rings. The van der Waals surface area contributed by atoms with Crippen LogP contribution in [0.25, 0.3) is 0 Å². The quantitative estimate of drug-likeness (QED) is 0.626. The Labute approximate surface area is 192 Å². The van der Waals surface area contributed by atoms with Crippen LogP contribution in [0.2, 0.25) is 0 Å². The number of hydrogen-bond donors (Lipinski definition) is 2. The highest BCUT2D eigenvalue weighted by Gasteiger charge is 2.42. The van der Waals surface area contributed by atoms with Crippen LogP contribution in [0.4, 0.5) is 0 Å². The Balaban J connectivity index is 0.000000427. The number of hydrogen-bond acceptors (Lipinski definition) is 5. The van der Waals surface area contributed by atoms with Gasteiger partial charge >= 0.3 is 11.9 Å². The summed E-state index contributed by atoms with van der Waals surface area (Å²) >= 11 is 1.78. The van der Waals surface area contributed by atoms with Crippen molar-refractivity contribution in [2.75, 3.05) is 19.6 Å². The topological polar surface area (TPSA) is 94.9 Å². The van der Waals surface area contributed by atoms with Crippen LogP contribution in [0.5, 0.6) is 0 Å². The fourth-order valence-electron chi connectivity index (χ4n) is 4.16. The zero-order valence-corrected chi connectivity index (χ0v) is 19.0. The number of carboxylic acid groups (broad SMARTS) is 2. The number of benzene rings is 2.